The number of ether oxygens (including phenoxy) is 2. The predicted octanol–water partition coefficient (Wildman–Crippen LogP) is 0.456. The molecule has 2 aliphatic heterocycles. The summed E-state index contributed by atoms with van der Waals surface area (Å²) in [6.45, 7) is 3.08. The van der Waals surface area contributed by atoms with Crippen LogP contribution in [0, 0.1) is 0 Å². The van der Waals surface area contributed by atoms with Crippen molar-refractivity contribution in [2.24, 2.45) is 0 Å². The monoisotopic (exact) mass is 378 g/mol. The normalized spacial score (nSPS) is 23.1. The Bertz CT molecular complexity index is 903. The van der Waals surface area contributed by atoms with E-state index in [9.17, 15) is 14.8 Å². The van der Waals surface area contributed by atoms with Crippen LogP contribution in [-0.4, -0.2) is 61.9 Å². The van der Waals surface area contributed by atoms with Crippen LogP contribution in [-0.2, 0) is 14.3 Å². The zero-order valence-electron chi connectivity index (χ0n) is 15.1. The molecule has 0 radical (unpaired) electrons. The Hall–Kier alpha value is -2.69. The lowest BCUT2D eigenvalue weighted by Gasteiger charge is -2.26. The van der Waals surface area contributed by atoms with Crippen molar-refractivity contribution in [3.8, 4) is 0 Å². The van der Waals surface area contributed by atoms with Gasteiger partial charge in [0.1, 0.15) is 6.61 Å². The molecule has 2 aromatic rings. The van der Waals surface area contributed by atoms with E-state index in [0.29, 0.717) is 23.5 Å². The number of hydrogen-bond acceptors (Lipinski definition) is 9. The third-order valence-corrected chi connectivity index (χ3v) is 4.96. The van der Waals surface area contributed by atoms with E-state index >= 15 is 0 Å². The Morgan fingerprint density at radius 3 is 2.81 bits per heavy atom. The van der Waals surface area contributed by atoms with Gasteiger partial charge in [0, 0.05) is 20.0 Å². The Kier molecular flexibility index (Phi) is 4.68. The second kappa shape index (κ2) is 7.14. The minimum absolute atomic E-state index is 0.0161. The molecule has 2 aromatic heterocycles. The van der Waals surface area contributed by atoms with Gasteiger partial charge in [0.15, 0.2) is 23.1 Å². The van der Waals surface area contributed by atoms with E-state index in [1.807, 2.05) is 4.90 Å². The fraction of sp³-hybridized carbons (Fsp3) is 0.688. The van der Waals surface area contributed by atoms with E-state index < -0.39 is 11.8 Å². The lowest BCUT2D eigenvalue weighted by molar-refractivity contribution is -0.145. The molecule has 11 heteroatoms. The summed E-state index contributed by atoms with van der Waals surface area (Å²) in [7, 11) is 0. The topological polar surface area (TPSA) is 125 Å². The van der Waals surface area contributed by atoms with Crippen molar-refractivity contribution in [2.75, 3.05) is 24.6 Å². The first kappa shape index (κ1) is 17.7. The van der Waals surface area contributed by atoms with Gasteiger partial charge < -0.3 is 19.6 Å². The number of nitrogens with zero attached hydrogens (tertiary/aromatic N) is 6. The van der Waals surface area contributed by atoms with Crippen molar-refractivity contribution in [1.29, 1.82) is 0 Å². The molecule has 2 saturated heterocycles. The third-order valence-electron chi connectivity index (χ3n) is 4.96. The van der Waals surface area contributed by atoms with Crippen molar-refractivity contribution >= 4 is 22.8 Å². The first-order chi connectivity index (χ1) is 13.0. The number of hydrogen-bond donors (Lipinski definition) is 1. The predicted molar refractivity (Wildman–Crippen MR) is 92.6 cm³/mol. The van der Waals surface area contributed by atoms with Crippen molar-refractivity contribution in [1.82, 2.24) is 24.9 Å². The van der Waals surface area contributed by atoms with Crippen molar-refractivity contribution < 1.29 is 19.5 Å². The van der Waals surface area contributed by atoms with Gasteiger partial charge in [0.2, 0.25) is 0 Å². The first-order valence-electron chi connectivity index (χ1n) is 9.16. The molecule has 0 spiro atoms. The number of piperidine rings is 1. The molecule has 2 atom stereocenters. The van der Waals surface area contributed by atoms with Gasteiger partial charge in [-0.05, 0) is 32.1 Å². The van der Waals surface area contributed by atoms with Crippen molar-refractivity contribution in [3.05, 3.63) is 10.4 Å². The van der Waals surface area contributed by atoms with Crippen molar-refractivity contribution in [3.63, 3.8) is 0 Å². The Balaban J connectivity index is 1.60. The fourth-order valence-electron chi connectivity index (χ4n) is 3.62. The molecule has 2 fully saturated rings. The van der Waals surface area contributed by atoms with Crippen LogP contribution >= 0.6 is 0 Å². The number of carbonyl (C=O) groups is 1. The summed E-state index contributed by atoms with van der Waals surface area (Å²) in [5.74, 6) is 0.0962. The summed E-state index contributed by atoms with van der Waals surface area (Å²) < 4.78 is 11.8. The maximum Gasteiger partial charge on any atom is 0.302 e. The highest BCUT2D eigenvalue weighted by molar-refractivity contribution is 5.85. The quantitative estimate of drug-likeness (QED) is 0.596. The smallest absolute Gasteiger partial charge is 0.302 e. The summed E-state index contributed by atoms with van der Waals surface area (Å²) in [6.07, 6.45) is 3.45. The van der Waals surface area contributed by atoms with E-state index in [2.05, 4.69) is 15.4 Å². The Morgan fingerprint density at radius 1 is 1.30 bits per heavy atom. The van der Waals surface area contributed by atoms with Gasteiger partial charge in [0.05, 0.1) is 6.10 Å². The van der Waals surface area contributed by atoms with E-state index in [1.54, 1.807) is 0 Å². The third kappa shape index (κ3) is 3.34. The second-order valence-corrected chi connectivity index (χ2v) is 6.89. The number of aromatic nitrogens is 5. The zero-order chi connectivity index (χ0) is 19.0. The molecule has 2 unspecified atom stereocenters. The summed E-state index contributed by atoms with van der Waals surface area (Å²) in [6, 6.07) is 0. The Morgan fingerprint density at radius 2 is 2.07 bits per heavy atom. The standard InChI is InChI=1S/C16H22N6O5/c1-10(23)26-9-11-5-6-12(27-11)21-16(24)14-13(17-19-21)15(18-22(14)25)20-7-3-2-4-8-20/h11-12,25H,2-9H2,1H3. The van der Waals surface area contributed by atoms with Gasteiger partial charge in [-0.3, -0.25) is 9.59 Å². The highest BCUT2D eigenvalue weighted by Crippen LogP contribution is 2.28. The zero-order valence-corrected chi connectivity index (χ0v) is 15.1. The molecule has 4 heterocycles. The molecular weight excluding hydrogens is 356 g/mol. The number of carbonyl (C=O) groups excluding carboxylic acids is 1. The van der Waals surface area contributed by atoms with Crippen LogP contribution in [0.1, 0.15) is 45.3 Å². The van der Waals surface area contributed by atoms with Gasteiger partial charge in [0.25, 0.3) is 0 Å². The van der Waals surface area contributed by atoms with E-state index in [-0.39, 0.29) is 29.7 Å². The van der Waals surface area contributed by atoms with Crippen LogP contribution in [0.4, 0.5) is 5.82 Å². The van der Waals surface area contributed by atoms with Crippen LogP contribution in [0.25, 0.3) is 11.0 Å². The molecule has 0 amide bonds. The van der Waals surface area contributed by atoms with Crippen LogP contribution in [0.15, 0.2) is 4.79 Å². The molecule has 2 aliphatic rings. The van der Waals surface area contributed by atoms with Gasteiger partial charge in [-0.1, -0.05) is 10.1 Å². The Labute approximate surface area is 154 Å². The van der Waals surface area contributed by atoms with Crippen LogP contribution in [0.5, 0.6) is 0 Å². The van der Waals surface area contributed by atoms with Gasteiger partial charge >= 0.3 is 11.5 Å². The van der Waals surface area contributed by atoms with Crippen LogP contribution < -0.4 is 10.5 Å². The van der Waals surface area contributed by atoms with E-state index in [0.717, 1.165) is 37.0 Å². The maximum absolute atomic E-state index is 12.9. The lowest BCUT2D eigenvalue weighted by atomic mass is 10.1. The van der Waals surface area contributed by atoms with Crippen LogP contribution in [0.3, 0.4) is 0 Å². The molecule has 0 aliphatic carbocycles. The first-order valence-corrected chi connectivity index (χ1v) is 9.16. The number of anilines is 1. The van der Waals surface area contributed by atoms with E-state index in [4.69, 9.17) is 9.47 Å². The highest BCUT2D eigenvalue weighted by Gasteiger charge is 2.31. The summed E-state index contributed by atoms with van der Waals surface area (Å²) in [4.78, 5) is 26.4. The maximum atomic E-state index is 12.9. The summed E-state index contributed by atoms with van der Waals surface area (Å²) in [5.41, 5.74) is -0.246. The lowest BCUT2D eigenvalue weighted by Crippen LogP contribution is -2.31. The summed E-state index contributed by atoms with van der Waals surface area (Å²) >= 11 is 0. The minimum atomic E-state index is -0.622. The molecule has 0 aromatic carbocycles. The molecule has 27 heavy (non-hydrogen) atoms. The molecule has 146 valence electrons. The van der Waals surface area contributed by atoms with Gasteiger partial charge in [-0.25, -0.2) is 0 Å². The van der Waals surface area contributed by atoms with Crippen LogP contribution in [0.2, 0.25) is 0 Å². The second-order valence-electron chi connectivity index (χ2n) is 6.89. The SMILES string of the molecule is CC(=O)OCC1CCC(n2nnc3c(N4CCCCC4)nn(O)c3c2=O)O1. The van der Waals surface area contributed by atoms with Crippen molar-refractivity contribution in [2.45, 2.75) is 51.4 Å². The molecule has 11 nitrogen and oxygen atoms in total. The van der Waals surface area contributed by atoms with Gasteiger partial charge in [-0.2, -0.15) is 4.68 Å². The molecular formula is C16H22N6O5. The molecule has 4 rings (SSSR count). The fourth-order valence-corrected chi connectivity index (χ4v) is 3.62. The average Bonchev–Trinajstić information content (AvgIpc) is 3.26. The van der Waals surface area contributed by atoms with Gasteiger partial charge in [-0.15, -0.1) is 10.2 Å². The highest BCUT2D eigenvalue weighted by atomic mass is 16.6. The van der Waals surface area contributed by atoms with E-state index in [1.165, 1.54) is 6.92 Å². The largest absolute Gasteiger partial charge is 0.463 e. The molecule has 0 saturated carbocycles. The number of esters is 1. The molecule has 0 bridgehead atoms. The minimum Gasteiger partial charge on any atom is -0.463 e. The number of rotatable bonds is 4. The molecule has 1 N–H and O–H groups in total. The average molecular weight is 378 g/mol. The number of fused-ring (bicyclic) bond motifs is 1. The summed E-state index contributed by atoms with van der Waals surface area (Å²) in [5, 5.41) is 22.4.